The zero-order valence-electron chi connectivity index (χ0n) is 8.80. The monoisotopic (exact) mass is 211 g/mol. The Balaban J connectivity index is 1.73. The molecule has 6 heteroatoms. The van der Waals surface area contributed by atoms with Crippen molar-refractivity contribution in [2.45, 2.75) is 44.9 Å². The molecule has 0 spiro atoms. The number of hydrogen-bond donors (Lipinski definition) is 1. The number of nitrogens with zero attached hydrogens (tertiary/aromatic N) is 4. The minimum Gasteiger partial charge on any atom is -0.376 e. The summed E-state index contributed by atoms with van der Waals surface area (Å²) in [4.78, 5) is 0. The average Bonchev–Trinajstić information content (AvgIpc) is 2.88. The molecular formula is C9H17N5O. The molecule has 0 aromatic carbocycles. The van der Waals surface area contributed by atoms with Crippen LogP contribution in [-0.2, 0) is 17.8 Å². The van der Waals surface area contributed by atoms with Gasteiger partial charge >= 0.3 is 0 Å². The van der Waals surface area contributed by atoms with E-state index in [0.717, 1.165) is 0 Å². The Morgan fingerprint density at radius 1 is 1.40 bits per heavy atom. The second-order valence-corrected chi connectivity index (χ2v) is 3.80. The quantitative estimate of drug-likeness (QED) is 0.746. The standard InChI is InChI=1S/C9H17N5O/c10-7-9-11-12-13-14(9)5-6-15-8-3-1-2-4-8/h8H,1-7,10H2. The summed E-state index contributed by atoms with van der Waals surface area (Å²) in [6, 6.07) is 0. The maximum Gasteiger partial charge on any atom is 0.164 e. The molecule has 1 aliphatic carbocycles. The normalized spacial score (nSPS) is 17.4. The van der Waals surface area contributed by atoms with Crippen LogP contribution in [0.15, 0.2) is 0 Å². The number of aromatic nitrogens is 4. The van der Waals surface area contributed by atoms with E-state index in [1.807, 2.05) is 0 Å². The fraction of sp³-hybridized carbons (Fsp3) is 0.889. The van der Waals surface area contributed by atoms with Crippen LogP contribution < -0.4 is 5.73 Å². The Morgan fingerprint density at radius 3 is 2.93 bits per heavy atom. The van der Waals surface area contributed by atoms with Gasteiger partial charge in [0.1, 0.15) is 0 Å². The van der Waals surface area contributed by atoms with Gasteiger partial charge in [0.25, 0.3) is 0 Å². The lowest BCUT2D eigenvalue weighted by atomic mass is 10.3. The highest BCUT2D eigenvalue weighted by molar-refractivity contribution is 4.77. The van der Waals surface area contributed by atoms with Gasteiger partial charge in [0, 0.05) is 0 Å². The van der Waals surface area contributed by atoms with Gasteiger partial charge in [-0.15, -0.1) is 5.10 Å². The molecule has 2 N–H and O–H groups in total. The molecule has 15 heavy (non-hydrogen) atoms. The van der Waals surface area contributed by atoms with E-state index < -0.39 is 0 Å². The highest BCUT2D eigenvalue weighted by Crippen LogP contribution is 2.20. The third kappa shape index (κ3) is 2.73. The van der Waals surface area contributed by atoms with Gasteiger partial charge in [0.15, 0.2) is 5.82 Å². The van der Waals surface area contributed by atoms with Crippen molar-refractivity contribution in [3.8, 4) is 0 Å². The van der Waals surface area contributed by atoms with E-state index in [9.17, 15) is 0 Å². The molecule has 0 unspecified atom stereocenters. The molecule has 1 aromatic rings. The fourth-order valence-corrected chi connectivity index (χ4v) is 1.90. The van der Waals surface area contributed by atoms with Crippen LogP contribution in [0.4, 0.5) is 0 Å². The van der Waals surface area contributed by atoms with Crippen LogP contribution in [0, 0.1) is 0 Å². The number of tetrazole rings is 1. The van der Waals surface area contributed by atoms with Crippen molar-refractivity contribution in [3.05, 3.63) is 5.82 Å². The van der Waals surface area contributed by atoms with E-state index >= 15 is 0 Å². The third-order valence-electron chi connectivity index (χ3n) is 2.75. The summed E-state index contributed by atoms with van der Waals surface area (Å²) in [6.45, 7) is 1.73. The first kappa shape index (κ1) is 10.5. The molecule has 0 bridgehead atoms. The molecule has 0 aliphatic heterocycles. The molecule has 84 valence electrons. The van der Waals surface area contributed by atoms with Crippen LogP contribution in [0.25, 0.3) is 0 Å². The largest absolute Gasteiger partial charge is 0.376 e. The Morgan fingerprint density at radius 2 is 2.20 bits per heavy atom. The van der Waals surface area contributed by atoms with Crippen molar-refractivity contribution in [1.29, 1.82) is 0 Å². The van der Waals surface area contributed by atoms with E-state index in [0.29, 0.717) is 31.6 Å². The summed E-state index contributed by atoms with van der Waals surface area (Å²) in [5.74, 6) is 0.713. The number of nitrogens with two attached hydrogens (primary N) is 1. The van der Waals surface area contributed by atoms with Gasteiger partial charge in [0.2, 0.25) is 0 Å². The summed E-state index contributed by atoms with van der Waals surface area (Å²) in [7, 11) is 0. The van der Waals surface area contributed by atoms with Crippen LogP contribution >= 0.6 is 0 Å². The SMILES string of the molecule is NCc1nnnn1CCOC1CCCC1. The van der Waals surface area contributed by atoms with Gasteiger partial charge in [0.05, 0.1) is 25.8 Å². The molecular weight excluding hydrogens is 194 g/mol. The lowest BCUT2D eigenvalue weighted by Gasteiger charge is -2.10. The zero-order valence-corrected chi connectivity index (χ0v) is 8.80. The Hall–Kier alpha value is -1.01. The van der Waals surface area contributed by atoms with E-state index in [4.69, 9.17) is 10.5 Å². The van der Waals surface area contributed by atoms with Gasteiger partial charge in [-0.05, 0) is 23.3 Å². The summed E-state index contributed by atoms with van der Waals surface area (Å²) < 4.78 is 7.42. The van der Waals surface area contributed by atoms with Crippen LogP contribution in [0.1, 0.15) is 31.5 Å². The molecule has 0 atom stereocenters. The molecule has 0 radical (unpaired) electrons. The predicted octanol–water partition coefficient (Wildman–Crippen LogP) is 0.0910. The summed E-state index contributed by atoms with van der Waals surface area (Å²) >= 11 is 0. The predicted molar refractivity (Wildman–Crippen MR) is 53.9 cm³/mol. The highest BCUT2D eigenvalue weighted by Gasteiger charge is 2.15. The maximum absolute atomic E-state index is 5.72. The second kappa shape index (κ2) is 5.18. The first-order valence-corrected chi connectivity index (χ1v) is 5.47. The molecule has 1 aromatic heterocycles. The topological polar surface area (TPSA) is 78.9 Å². The van der Waals surface area contributed by atoms with Gasteiger partial charge in [-0.2, -0.15) is 0 Å². The summed E-state index contributed by atoms with van der Waals surface area (Å²) in [5.41, 5.74) is 5.48. The molecule has 2 rings (SSSR count). The van der Waals surface area contributed by atoms with Crippen molar-refractivity contribution in [3.63, 3.8) is 0 Å². The van der Waals surface area contributed by atoms with Crippen LogP contribution in [-0.4, -0.2) is 32.9 Å². The van der Waals surface area contributed by atoms with Crippen molar-refractivity contribution >= 4 is 0 Å². The molecule has 1 heterocycles. The molecule has 1 fully saturated rings. The Labute approximate surface area is 88.8 Å². The molecule has 1 aliphatic rings. The van der Waals surface area contributed by atoms with Crippen molar-refractivity contribution in [2.75, 3.05) is 6.61 Å². The lowest BCUT2D eigenvalue weighted by Crippen LogP contribution is -2.16. The minimum absolute atomic E-state index is 0.371. The maximum atomic E-state index is 5.72. The minimum atomic E-state index is 0.371. The summed E-state index contributed by atoms with van der Waals surface area (Å²) in [5, 5.41) is 11.2. The van der Waals surface area contributed by atoms with Crippen LogP contribution in [0.3, 0.4) is 0 Å². The van der Waals surface area contributed by atoms with E-state index in [1.165, 1.54) is 25.7 Å². The number of rotatable bonds is 5. The lowest BCUT2D eigenvalue weighted by molar-refractivity contribution is 0.0508. The first-order chi connectivity index (χ1) is 7.40. The van der Waals surface area contributed by atoms with Crippen LogP contribution in [0.5, 0.6) is 0 Å². The van der Waals surface area contributed by atoms with Crippen LogP contribution in [0.2, 0.25) is 0 Å². The van der Waals surface area contributed by atoms with Crippen molar-refractivity contribution in [1.82, 2.24) is 20.2 Å². The number of hydrogen-bond acceptors (Lipinski definition) is 5. The highest BCUT2D eigenvalue weighted by atomic mass is 16.5. The molecule has 0 saturated heterocycles. The molecule has 6 nitrogen and oxygen atoms in total. The first-order valence-electron chi connectivity index (χ1n) is 5.47. The van der Waals surface area contributed by atoms with Crippen molar-refractivity contribution in [2.24, 2.45) is 5.73 Å². The van der Waals surface area contributed by atoms with E-state index in [1.54, 1.807) is 4.68 Å². The molecule has 0 amide bonds. The van der Waals surface area contributed by atoms with Gasteiger partial charge in [-0.1, -0.05) is 12.8 Å². The second-order valence-electron chi connectivity index (χ2n) is 3.80. The van der Waals surface area contributed by atoms with E-state index in [2.05, 4.69) is 15.5 Å². The third-order valence-corrected chi connectivity index (χ3v) is 2.75. The fourth-order valence-electron chi connectivity index (χ4n) is 1.90. The van der Waals surface area contributed by atoms with Gasteiger partial charge < -0.3 is 10.5 Å². The summed E-state index contributed by atoms with van der Waals surface area (Å²) in [6.07, 6.45) is 5.43. The number of ether oxygens (including phenoxy) is 1. The molecule has 1 saturated carbocycles. The van der Waals surface area contributed by atoms with Crippen molar-refractivity contribution < 1.29 is 4.74 Å². The smallest absolute Gasteiger partial charge is 0.164 e. The Kier molecular flexibility index (Phi) is 3.63. The average molecular weight is 211 g/mol. The van der Waals surface area contributed by atoms with E-state index in [-0.39, 0.29) is 0 Å². The zero-order chi connectivity index (χ0) is 10.5. The van der Waals surface area contributed by atoms with Gasteiger partial charge in [-0.3, -0.25) is 0 Å². The van der Waals surface area contributed by atoms with Gasteiger partial charge in [-0.25, -0.2) is 4.68 Å². The Bertz CT molecular complexity index is 294.